The first-order chi connectivity index (χ1) is 9.49. The average Bonchev–Trinajstić information content (AvgIpc) is 2.38. The van der Waals surface area contributed by atoms with Gasteiger partial charge in [-0.05, 0) is 31.4 Å². The summed E-state index contributed by atoms with van der Waals surface area (Å²) in [6.07, 6.45) is 1.29. The van der Waals surface area contributed by atoms with Crippen LogP contribution in [-0.4, -0.2) is 24.9 Å². The molecule has 0 aliphatic rings. The zero-order valence-corrected chi connectivity index (χ0v) is 12.5. The highest BCUT2D eigenvalue weighted by molar-refractivity contribution is 5.94. The molecule has 4 heteroatoms. The van der Waals surface area contributed by atoms with E-state index < -0.39 is 0 Å². The van der Waals surface area contributed by atoms with Gasteiger partial charge in [0.2, 0.25) is 5.91 Å². The summed E-state index contributed by atoms with van der Waals surface area (Å²) in [5, 5.41) is 5.60. The molecule has 0 bridgehead atoms. The highest BCUT2D eigenvalue weighted by Gasteiger charge is 2.06. The quantitative estimate of drug-likeness (QED) is 0.802. The van der Waals surface area contributed by atoms with Gasteiger partial charge in [0.25, 0.3) is 5.91 Å². The lowest BCUT2D eigenvalue weighted by atomic mass is 10.1. The van der Waals surface area contributed by atoms with Gasteiger partial charge in [-0.15, -0.1) is 0 Å². The second-order valence-electron chi connectivity index (χ2n) is 5.41. The Bertz CT molecular complexity index is 456. The van der Waals surface area contributed by atoms with Crippen molar-refractivity contribution in [2.45, 2.75) is 33.6 Å². The number of carbonyl (C=O) groups is 2. The third kappa shape index (κ3) is 6.36. The number of carbonyl (C=O) groups excluding carboxylic acids is 2. The first kappa shape index (κ1) is 16.2. The predicted molar refractivity (Wildman–Crippen MR) is 80.6 cm³/mol. The summed E-state index contributed by atoms with van der Waals surface area (Å²) in [7, 11) is 0. The van der Waals surface area contributed by atoms with Crippen LogP contribution in [0, 0.1) is 12.8 Å². The highest BCUT2D eigenvalue weighted by atomic mass is 16.2. The molecule has 1 rings (SSSR count). The van der Waals surface area contributed by atoms with Gasteiger partial charge in [0.1, 0.15) is 0 Å². The van der Waals surface area contributed by atoms with Gasteiger partial charge in [-0.2, -0.15) is 0 Å². The van der Waals surface area contributed by atoms with Gasteiger partial charge < -0.3 is 10.6 Å². The molecule has 1 aromatic carbocycles. The minimum absolute atomic E-state index is 0.0183. The Balaban J connectivity index is 2.23. The molecule has 1 aromatic rings. The summed E-state index contributed by atoms with van der Waals surface area (Å²) in [6, 6.07) is 7.39. The van der Waals surface area contributed by atoms with E-state index >= 15 is 0 Å². The Hall–Kier alpha value is -1.84. The van der Waals surface area contributed by atoms with Crippen LogP contribution in [-0.2, 0) is 4.79 Å². The Labute approximate surface area is 121 Å². The Kier molecular flexibility index (Phi) is 6.77. The first-order valence-corrected chi connectivity index (χ1v) is 7.10. The second kappa shape index (κ2) is 8.35. The number of nitrogens with one attached hydrogen (secondary N) is 2. The van der Waals surface area contributed by atoms with Crippen molar-refractivity contribution in [2.24, 2.45) is 5.92 Å². The Morgan fingerprint density at radius 2 is 1.90 bits per heavy atom. The minimum Gasteiger partial charge on any atom is -0.356 e. The minimum atomic E-state index is -0.135. The molecule has 0 heterocycles. The second-order valence-corrected chi connectivity index (χ2v) is 5.41. The molecule has 0 saturated heterocycles. The molecule has 20 heavy (non-hydrogen) atoms. The fraction of sp³-hybridized carbons (Fsp3) is 0.500. The Morgan fingerprint density at radius 3 is 2.55 bits per heavy atom. The maximum absolute atomic E-state index is 11.8. The molecule has 0 aromatic heterocycles. The topological polar surface area (TPSA) is 58.2 Å². The van der Waals surface area contributed by atoms with Crippen LogP contribution in [0.15, 0.2) is 24.3 Å². The van der Waals surface area contributed by atoms with E-state index in [1.54, 1.807) is 6.07 Å². The van der Waals surface area contributed by atoms with Crippen LogP contribution in [0.25, 0.3) is 0 Å². The highest BCUT2D eigenvalue weighted by Crippen LogP contribution is 2.03. The molecular weight excluding hydrogens is 252 g/mol. The zero-order valence-electron chi connectivity index (χ0n) is 12.5. The van der Waals surface area contributed by atoms with Crippen molar-refractivity contribution in [3.8, 4) is 0 Å². The first-order valence-electron chi connectivity index (χ1n) is 7.10. The lowest BCUT2D eigenvalue weighted by molar-refractivity contribution is -0.120. The smallest absolute Gasteiger partial charge is 0.251 e. The van der Waals surface area contributed by atoms with Crippen LogP contribution >= 0.6 is 0 Å². The number of hydrogen-bond acceptors (Lipinski definition) is 2. The van der Waals surface area contributed by atoms with Crippen molar-refractivity contribution in [3.63, 3.8) is 0 Å². The van der Waals surface area contributed by atoms with Crippen LogP contribution in [0.5, 0.6) is 0 Å². The van der Waals surface area contributed by atoms with Gasteiger partial charge in [0.05, 0.1) is 0 Å². The monoisotopic (exact) mass is 276 g/mol. The maximum Gasteiger partial charge on any atom is 0.251 e. The maximum atomic E-state index is 11.8. The third-order valence-corrected chi connectivity index (χ3v) is 2.96. The molecule has 4 nitrogen and oxygen atoms in total. The summed E-state index contributed by atoms with van der Waals surface area (Å²) < 4.78 is 0. The zero-order chi connectivity index (χ0) is 15.0. The van der Waals surface area contributed by atoms with E-state index in [1.165, 1.54) is 0 Å². The van der Waals surface area contributed by atoms with Crippen LogP contribution in [0.3, 0.4) is 0 Å². The van der Waals surface area contributed by atoms with E-state index in [-0.39, 0.29) is 11.8 Å². The van der Waals surface area contributed by atoms with Crippen molar-refractivity contribution in [1.82, 2.24) is 10.6 Å². The molecule has 0 radical (unpaired) electrons. The molecular formula is C16H24N2O2. The van der Waals surface area contributed by atoms with Gasteiger partial charge in [-0.25, -0.2) is 0 Å². The molecule has 2 N–H and O–H groups in total. The van der Waals surface area contributed by atoms with Crippen LogP contribution in [0.2, 0.25) is 0 Å². The largest absolute Gasteiger partial charge is 0.356 e. The standard InChI is InChI=1S/C16H24N2O2/c1-12(2)7-9-17-15(19)8-10-18-16(20)14-6-4-5-13(3)11-14/h4-6,11-12H,7-10H2,1-3H3,(H,17,19)(H,18,20). The third-order valence-electron chi connectivity index (χ3n) is 2.96. The van der Waals surface area contributed by atoms with Crippen molar-refractivity contribution in [2.75, 3.05) is 13.1 Å². The Morgan fingerprint density at radius 1 is 1.15 bits per heavy atom. The van der Waals surface area contributed by atoms with Gasteiger partial charge in [0, 0.05) is 25.1 Å². The van der Waals surface area contributed by atoms with Crippen molar-refractivity contribution in [1.29, 1.82) is 0 Å². The van der Waals surface area contributed by atoms with Crippen LogP contribution in [0.4, 0.5) is 0 Å². The summed E-state index contributed by atoms with van der Waals surface area (Å²) in [5.74, 6) is 0.426. The van der Waals surface area contributed by atoms with E-state index in [1.807, 2.05) is 25.1 Å². The van der Waals surface area contributed by atoms with Crippen molar-refractivity contribution in [3.05, 3.63) is 35.4 Å². The molecule has 0 aliphatic heterocycles. The summed E-state index contributed by atoms with van der Waals surface area (Å²) in [5.41, 5.74) is 1.68. The molecule has 0 saturated carbocycles. The molecule has 0 aliphatic carbocycles. The van der Waals surface area contributed by atoms with Gasteiger partial charge >= 0.3 is 0 Å². The molecule has 0 unspecified atom stereocenters. The van der Waals surface area contributed by atoms with Gasteiger partial charge in [0.15, 0.2) is 0 Å². The average molecular weight is 276 g/mol. The molecule has 0 fully saturated rings. The molecule has 110 valence electrons. The molecule has 0 atom stereocenters. The molecule has 2 amide bonds. The van der Waals surface area contributed by atoms with Crippen molar-refractivity contribution < 1.29 is 9.59 Å². The fourth-order valence-electron chi connectivity index (χ4n) is 1.77. The van der Waals surface area contributed by atoms with Crippen LogP contribution < -0.4 is 10.6 Å². The number of benzene rings is 1. The molecule has 0 spiro atoms. The van der Waals surface area contributed by atoms with Crippen LogP contribution in [0.1, 0.15) is 42.6 Å². The number of rotatable bonds is 7. The van der Waals surface area contributed by atoms with Crippen molar-refractivity contribution >= 4 is 11.8 Å². The van der Waals surface area contributed by atoms with E-state index in [4.69, 9.17) is 0 Å². The number of amides is 2. The van der Waals surface area contributed by atoms with E-state index in [0.29, 0.717) is 31.0 Å². The van der Waals surface area contributed by atoms with E-state index in [2.05, 4.69) is 24.5 Å². The predicted octanol–water partition coefficient (Wildman–Crippen LogP) is 2.28. The number of aryl methyl sites for hydroxylation is 1. The summed E-state index contributed by atoms with van der Waals surface area (Å²) >= 11 is 0. The lowest BCUT2D eigenvalue weighted by Gasteiger charge is -2.08. The van der Waals surface area contributed by atoms with Gasteiger partial charge in [-0.1, -0.05) is 31.5 Å². The summed E-state index contributed by atoms with van der Waals surface area (Å²) in [6.45, 7) is 7.24. The van der Waals surface area contributed by atoms with E-state index in [0.717, 1.165) is 12.0 Å². The summed E-state index contributed by atoms with van der Waals surface area (Å²) in [4.78, 5) is 23.4. The number of hydrogen-bond donors (Lipinski definition) is 2. The normalized spacial score (nSPS) is 10.4. The fourth-order valence-corrected chi connectivity index (χ4v) is 1.77. The van der Waals surface area contributed by atoms with Gasteiger partial charge in [-0.3, -0.25) is 9.59 Å². The lowest BCUT2D eigenvalue weighted by Crippen LogP contribution is -2.31. The van der Waals surface area contributed by atoms with E-state index in [9.17, 15) is 9.59 Å². The SMILES string of the molecule is Cc1cccc(C(=O)NCCC(=O)NCCC(C)C)c1.